The Morgan fingerprint density at radius 3 is 2.26 bits per heavy atom. The molecule has 2 saturated carbocycles. The minimum Gasteiger partial charge on any atom is -0.495 e. The van der Waals surface area contributed by atoms with E-state index in [1.807, 2.05) is 36.4 Å². The summed E-state index contributed by atoms with van der Waals surface area (Å²) in [6, 6.07) is 15.8. The zero-order valence-electron chi connectivity index (χ0n) is 17.5. The Bertz CT molecular complexity index is 993. The number of para-hydroxylation sites is 2. The van der Waals surface area contributed by atoms with Gasteiger partial charge in [-0.2, -0.15) is 0 Å². The van der Waals surface area contributed by atoms with Crippen molar-refractivity contribution in [3.05, 3.63) is 60.2 Å². The zero-order valence-corrected chi connectivity index (χ0v) is 17.5. The molecule has 2 aromatic rings. The van der Waals surface area contributed by atoms with E-state index in [0.717, 1.165) is 24.8 Å². The van der Waals surface area contributed by atoms with Crippen molar-refractivity contribution < 1.29 is 19.1 Å². The number of carbonyl (C=O) groups excluding carboxylic acids is 3. The van der Waals surface area contributed by atoms with Gasteiger partial charge in [-0.1, -0.05) is 42.5 Å². The average molecular weight is 418 g/mol. The van der Waals surface area contributed by atoms with Gasteiger partial charge in [0.25, 0.3) is 0 Å². The number of methoxy groups -OCH3 is 1. The van der Waals surface area contributed by atoms with E-state index in [-0.39, 0.29) is 47.8 Å². The Balaban J connectivity index is 1.47. The van der Waals surface area contributed by atoms with Crippen LogP contribution < -0.4 is 10.1 Å². The summed E-state index contributed by atoms with van der Waals surface area (Å²) in [7, 11) is 1.54. The minimum atomic E-state index is -0.891. The van der Waals surface area contributed by atoms with Crippen molar-refractivity contribution >= 4 is 23.4 Å². The first kappa shape index (κ1) is 19.8. The molecule has 1 aliphatic heterocycles. The smallest absolute Gasteiger partial charge is 0.248 e. The first-order valence-electron chi connectivity index (χ1n) is 10.9. The Kier molecular flexibility index (Phi) is 5.00. The lowest BCUT2D eigenvalue weighted by atomic mass is 9.81. The van der Waals surface area contributed by atoms with Gasteiger partial charge in [0.15, 0.2) is 0 Å². The number of likely N-dealkylation sites (tertiary alicyclic amines) is 1. The van der Waals surface area contributed by atoms with Gasteiger partial charge < -0.3 is 10.1 Å². The standard InChI is InChI=1S/C25H26N2O4/c1-31-20-10-6-5-9-18(20)26-23(28)19(13-15-7-3-2-4-8-15)27-24(29)21-16-11-12-17(14-16)22(21)25(27)30/h2-10,16-17,19,21-22H,11-14H2,1H3,(H,26,28)/t16-,17+,19-,21-,22+/m1/s1. The summed E-state index contributed by atoms with van der Waals surface area (Å²) in [5.74, 6) is -0.105. The minimum absolute atomic E-state index is 0.168. The van der Waals surface area contributed by atoms with Crippen molar-refractivity contribution in [2.75, 3.05) is 12.4 Å². The Morgan fingerprint density at radius 2 is 1.61 bits per heavy atom. The number of nitrogens with zero attached hydrogens (tertiary/aromatic N) is 1. The van der Waals surface area contributed by atoms with Crippen molar-refractivity contribution in [1.82, 2.24) is 4.90 Å². The maximum atomic E-state index is 13.4. The Labute approximate surface area is 181 Å². The van der Waals surface area contributed by atoms with Gasteiger partial charge in [-0.3, -0.25) is 19.3 Å². The van der Waals surface area contributed by atoms with Crippen LogP contribution in [0.4, 0.5) is 5.69 Å². The fraction of sp³-hybridized carbons (Fsp3) is 0.400. The molecule has 6 nitrogen and oxygen atoms in total. The molecule has 0 spiro atoms. The van der Waals surface area contributed by atoms with Crippen molar-refractivity contribution in [2.24, 2.45) is 23.7 Å². The number of amides is 3. The third-order valence-corrected chi connectivity index (χ3v) is 7.21. The second kappa shape index (κ2) is 7.84. The zero-order chi connectivity index (χ0) is 21.5. The van der Waals surface area contributed by atoms with Gasteiger partial charge in [0.2, 0.25) is 17.7 Å². The first-order chi connectivity index (χ1) is 15.1. The van der Waals surface area contributed by atoms with Crippen LogP contribution in [-0.4, -0.2) is 35.8 Å². The summed E-state index contributed by atoms with van der Waals surface area (Å²) in [4.78, 5) is 41.5. The number of fused-ring (bicyclic) bond motifs is 5. The van der Waals surface area contributed by atoms with Gasteiger partial charge in [-0.05, 0) is 48.8 Å². The van der Waals surface area contributed by atoms with Crippen molar-refractivity contribution in [1.29, 1.82) is 0 Å². The number of rotatable bonds is 6. The maximum Gasteiger partial charge on any atom is 0.248 e. The van der Waals surface area contributed by atoms with E-state index in [2.05, 4.69) is 5.32 Å². The molecule has 3 amide bonds. The van der Waals surface area contributed by atoms with Crippen LogP contribution in [0, 0.1) is 23.7 Å². The molecule has 2 bridgehead atoms. The topological polar surface area (TPSA) is 75.7 Å². The highest BCUT2D eigenvalue weighted by Gasteiger charge is 2.62. The van der Waals surface area contributed by atoms with E-state index in [4.69, 9.17) is 4.74 Å². The molecule has 2 aliphatic carbocycles. The second-order valence-electron chi connectivity index (χ2n) is 8.83. The number of hydrogen-bond acceptors (Lipinski definition) is 4. The fourth-order valence-electron chi connectivity index (χ4n) is 5.84. The highest BCUT2D eigenvalue weighted by atomic mass is 16.5. The van der Waals surface area contributed by atoms with Gasteiger partial charge in [0.1, 0.15) is 11.8 Å². The summed E-state index contributed by atoms with van der Waals surface area (Å²) >= 11 is 0. The molecule has 2 aromatic carbocycles. The van der Waals surface area contributed by atoms with E-state index in [9.17, 15) is 14.4 Å². The molecule has 1 N–H and O–H groups in total. The molecule has 1 saturated heterocycles. The van der Waals surface area contributed by atoms with E-state index >= 15 is 0 Å². The number of anilines is 1. The van der Waals surface area contributed by atoms with Crippen LogP contribution in [0.5, 0.6) is 5.75 Å². The number of benzene rings is 2. The van der Waals surface area contributed by atoms with Gasteiger partial charge in [-0.25, -0.2) is 0 Å². The molecule has 0 unspecified atom stereocenters. The molecule has 6 heteroatoms. The average Bonchev–Trinajstić information content (AvgIpc) is 3.47. The van der Waals surface area contributed by atoms with Crippen molar-refractivity contribution in [2.45, 2.75) is 31.7 Å². The molecule has 5 atom stereocenters. The molecular formula is C25H26N2O4. The number of imide groups is 1. The van der Waals surface area contributed by atoms with Gasteiger partial charge in [0, 0.05) is 6.42 Å². The van der Waals surface area contributed by atoms with Gasteiger partial charge in [0.05, 0.1) is 24.6 Å². The molecule has 1 heterocycles. The monoisotopic (exact) mass is 418 g/mol. The molecule has 5 rings (SSSR count). The quantitative estimate of drug-likeness (QED) is 0.731. The molecule has 0 radical (unpaired) electrons. The second-order valence-corrected chi connectivity index (χ2v) is 8.83. The Morgan fingerprint density at radius 1 is 1.00 bits per heavy atom. The number of nitrogens with one attached hydrogen (secondary N) is 1. The summed E-state index contributed by atoms with van der Waals surface area (Å²) in [6.45, 7) is 0. The lowest BCUT2D eigenvalue weighted by Crippen LogP contribution is -2.49. The van der Waals surface area contributed by atoms with Crippen LogP contribution in [0.3, 0.4) is 0 Å². The molecule has 160 valence electrons. The van der Waals surface area contributed by atoms with Crippen LogP contribution >= 0.6 is 0 Å². The normalized spacial score (nSPS) is 27.3. The summed E-state index contributed by atoms with van der Waals surface area (Å²) in [6.07, 6.45) is 3.27. The summed E-state index contributed by atoms with van der Waals surface area (Å²) in [5.41, 5.74) is 1.43. The number of ether oxygens (including phenoxy) is 1. The predicted octanol–water partition coefficient (Wildman–Crippen LogP) is 3.28. The summed E-state index contributed by atoms with van der Waals surface area (Å²) < 4.78 is 5.35. The van der Waals surface area contributed by atoms with E-state index < -0.39 is 6.04 Å². The van der Waals surface area contributed by atoms with Crippen LogP contribution in [0.25, 0.3) is 0 Å². The van der Waals surface area contributed by atoms with E-state index in [1.165, 1.54) is 12.0 Å². The van der Waals surface area contributed by atoms with Crippen molar-refractivity contribution in [3.8, 4) is 5.75 Å². The lowest BCUT2D eigenvalue weighted by Gasteiger charge is -2.27. The van der Waals surface area contributed by atoms with Crippen LogP contribution in [0.2, 0.25) is 0 Å². The van der Waals surface area contributed by atoms with Gasteiger partial charge in [-0.15, -0.1) is 0 Å². The highest BCUT2D eigenvalue weighted by molar-refractivity contribution is 6.10. The molecule has 3 fully saturated rings. The Hall–Kier alpha value is -3.15. The third-order valence-electron chi connectivity index (χ3n) is 7.21. The van der Waals surface area contributed by atoms with E-state index in [1.54, 1.807) is 18.2 Å². The van der Waals surface area contributed by atoms with Gasteiger partial charge >= 0.3 is 0 Å². The largest absolute Gasteiger partial charge is 0.495 e. The highest BCUT2D eigenvalue weighted by Crippen LogP contribution is 2.56. The first-order valence-corrected chi connectivity index (χ1v) is 10.9. The molecular weight excluding hydrogens is 392 g/mol. The fourth-order valence-corrected chi connectivity index (χ4v) is 5.84. The van der Waals surface area contributed by atoms with Crippen LogP contribution in [-0.2, 0) is 20.8 Å². The maximum absolute atomic E-state index is 13.4. The summed E-state index contributed by atoms with van der Waals surface area (Å²) in [5, 5.41) is 2.89. The van der Waals surface area contributed by atoms with Crippen LogP contribution in [0.1, 0.15) is 24.8 Å². The SMILES string of the molecule is COc1ccccc1NC(=O)[C@@H](Cc1ccccc1)N1C(=O)[C@@H]2[C@@H]3CC[C@@H](C3)[C@@H]2C1=O. The third kappa shape index (κ3) is 3.30. The van der Waals surface area contributed by atoms with Crippen LogP contribution in [0.15, 0.2) is 54.6 Å². The molecule has 0 aromatic heterocycles. The number of hydrogen-bond donors (Lipinski definition) is 1. The van der Waals surface area contributed by atoms with Crippen molar-refractivity contribution in [3.63, 3.8) is 0 Å². The molecule has 3 aliphatic rings. The van der Waals surface area contributed by atoms with E-state index in [0.29, 0.717) is 11.4 Å². The molecule has 31 heavy (non-hydrogen) atoms. The lowest BCUT2D eigenvalue weighted by molar-refractivity contribution is -0.147. The predicted molar refractivity (Wildman–Crippen MR) is 115 cm³/mol. The number of carbonyl (C=O) groups is 3.